The van der Waals surface area contributed by atoms with E-state index in [9.17, 15) is 5.11 Å². The van der Waals surface area contributed by atoms with Gasteiger partial charge in [-0.2, -0.15) is 0 Å². The number of fused-ring (bicyclic) bond motifs is 1. The summed E-state index contributed by atoms with van der Waals surface area (Å²) in [5, 5.41) is 9.50. The Balaban J connectivity index is 2.21. The molecular weight excluding hydrogens is 220 g/mol. The average Bonchev–Trinajstić information content (AvgIpc) is 2.36. The number of aliphatic hydroxyl groups is 1. The van der Waals surface area contributed by atoms with Crippen LogP contribution in [-0.4, -0.2) is 11.7 Å². The molecule has 0 aromatic heterocycles. The van der Waals surface area contributed by atoms with E-state index in [2.05, 4.69) is 27.7 Å². The highest BCUT2D eigenvalue weighted by Gasteiger charge is 2.44. The minimum atomic E-state index is 0.277. The van der Waals surface area contributed by atoms with Crippen LogP contribution in [0.1, 0.15) is 66.2 Å². The summed E-state index contributed by atoms with van der Waals surface area (Å²) in [5.41, 5.74) is 3.38. The Morgan fingerprint density at radius 2 is 2.00 bits per heavy atom. The Morgan fingerprint density at radius 1 is 1.28 bits per heavy atom. The van der Waals surface area contributed by atoms with E-state index in [1.165, 1.54) is 37.7 Å². The van der Waals surface area contributed by atoms with Crippen molar-refractivity contribution in [3.8, 4) is 0 Å². The van der Waals surface area contributed by atoms with Crippen LogP contribution in [-0.2, 0) is 0 Å². The second-order valence-corrected chi connectivity index (χ2v) is 7.13. The summed E-state index contributed by atoms with van der Waals surface area (Å²) in [6.07, 6.45) is 7.73. The van der Waals surface area contributed by atoms with Crippen LogP contribution in [0.4, 0.5) is 0 Å². The van der Waals surface area contributed by atoms with Crippen molar-refractivity contribution in [3.63, 3.8) is 0 Å². The van der Waals surface area contributed by atoms with Crippen molar-refractivity contribution in [1.29, 1.82) is 0 Å². The molecule has 0 aromatic rings. The van der Waals surface area contributed by atoms with Crippen molar-refractivity contribution in [1.82, 2.24) is 0 Å². The SMILES string of the molecule is CC/C(CO)=C1\CC[C@H]2CC[C@H](C)C(C)(C)[C@@H]2C1. The summed E-state index contributed by atoms with van der Waals surface area (Å²) in [4.78, 5) is 0. The van der Waals surface area contributed by atoms with E-state index in [0.717, 1.165) is 24.2 Å². The zero-order valence-electron chi connectivity index (χ0n) is 12.6. The van der Waals surface area contributed by atoms with Crippen LogP contribution < -0.4 is 0 Å². The number of aliphatic hydroxyl groups excluding tert-OH is 1. The van der Waals surface area contributed by atoms with E-state index < -0.39 is 0 Å². The van der Waals surface area contributed by atoms with Gasteiger partial charge in [-0.3, -0.25) is 0 Å². The Morgan fingerprint density at radius 3 is 2.61 bits per heavy atom. The smallest absolute Gasteiger partial charge is 0.0644 e. The number of hydrogen-bond donors (Lipinski definition) is 1. The van der Waals surface area contributed by atoms with Gasteiger partial charge in [-0.15, -0.1) is 0 Å². The summed E-state index contributed by atoms with van der Waals surface area (Å²) in [7, 11) is 0. The predicted molar refractivity (Wildman–Crippen MR) is 77.4 cm³/mol. The topological polar surface area (TPSA) is 20.2 Å². The van der Waals surface area contributed by atoms with Crippen molar-refractivity contribution in [2.75, 3.05) is 6.61 Å². The molecular formula is C17H30O. The summed E-state index contributed by atoms with van der Waals surface area (Å²) in [5.74, 6) is 2.63. The average molecular weight is 250 g/mol. The third-order valence-electron chi connectivity index (χ3n) is 6.17. The minimum absolute atomic E-state index is 0.277. The molecule has 2 aliphatic carbocycles. The Labute approximate surface area is 113 Å². The maximum Gasteiger partial charge on any atom is 0.0644 e. The molecule has 104 valence electrons. The molecule has 0 saturated heterocycles. The van der Waals surface area contributed by atoms with E-state index in [0.29, 0.717) is 5.41 Å². The molecule has 1 heteroatoms. The molecule has 2 rings (SSSR count). The largest absolute Gasteiger partial charge is 0.392 e. The van der Waals surface area contributed by atoms with Gasteiger partial charge in [0, 0.05) is 0 Å². The Kier molecular flexibility index (Phi) is 4.21. The van der Waals surface area contributed by atoms with Crippen LogP contribution in [0.2, 0.25) is 0 Å². The van der Waals surface area contributed by atoms with Crippen LogP contribution >= 0.6 is 0 Å². The molecule has 2 aliphatic rings. The first-order valence-corrected chi connectivity index (χ1v) is 7.81. The summed E-state index contributed by atoms with van der Waals surface area (Å²) >= 11 is 0. The number of rotatable bonds is 2. The summed E-state index contributed by atoms with van der Waals surface area (Å²) in [6.45, 7) is 9.84. The third-order valence-corrected chi connectivity index (χ3v) is 6.17. The summed E-state index contributed by atoms with van der Waals surface area (Å²) in [6, 6.07) is 0. The first-order chi connectivity index (χ1) is 8.50. The summed E-state index contributed by atoms with van der Waals surface area (Å²) < 4.78 is 0. The fraction of sp³-hybridized carbons (Fsp3) is 0.882. The first kappa shape index (κ1) is 14.1. The predicted octanol–water partition coefficient (Wildman–Crippen LogP) is 4.56. The molecule has 0 amide bonds. The quantitative estimate of drug-likeness (QED) is 0.712. The molecule has 2 fully saturated rings. The lowest BCUT2D eigenvalue weighted by Crippen LogP contribution is -2.42. The van der Waals surface area contributed by atoms with Crippen molar-refractivity contribution in [2.45, 2.75) is 66.2 Å². The van der Waals surface area contributed by atoms with E-state index in [1.807, 2.05) is 0 Å². The van der Waals surface area contributed by atoms with Crippen molar-refractivity contribution < 1.29 is 5.11 Å². The fourth-order valence-corrected chi connectivity index (χ4v) is 4.31. The maximum absolute atomic E-state index is 9.50. The van der Waals surface area contributed by atoms with E-state index in [4.69, 9.17) is 0 Å². The second-order valence-electron chi connectivity index (χ2n) is 7.13. The molecule has 1 nitrogen and oxygen atoms in total. The van der Waals surface area contributed by atoms with Gasteiger partial charge in [0.1, 0.15) is 0 Å². The van der Waals surface area contributed by atoms with Gasteiger partial charge in [0.2, 0.25) is 0 Å². The fourth-order valence-electron chi connectivity index (χ4n) is 4.31. The van der Waals surface area contributed by atoms with Crippen LogP contribution in [0.15, 0.2) is 11.1 Å². The third kappa shape index (κ3) is 2.39. The molecule has 3 atom stereocenters. The molecule has 0 radical (unpaired) electrons. The van der Waals surface area contributed by atoms with E-state index in [-0.39, 0.29) is 6.61 Å². The molecule has 0 unspecified atom stereocenters. The van der Waals surface area contributed by atoms with Crippen LogP contribution in [0.5, 0.6) is 0 Å². The van der Waals surface area contributed by atoms with Crippen LogP contribution in [0, 0.1) is 23.2 Å². The highest BCUT2D eigenvalue weighted by molar-refractivity contribution is 5.19. The monoisotopic (exact) mass is 250 g/mol. The van der Waals surface area contributed by atoms with E-state index in [1.54, 1.807) is 5.57 Å². The first-order valence-electron chi connectivity index (χ1n) is 7.81. The molecule has 18 heavy (non-hydrogen) atoms. The van der Waals surface area contributed by atoms with Gasteiger partial charge in [0.25, 0.3) is 0 Å². The number of allylic oxidation sites excluding steroid dienone is 1. The van der Waals surface area contributed by atoms with Gasteiger partial charge < -0.3 is 5.11 Å². The van der Waals surface area contributed by atoms with Gasteiger partial charge in [0.15, 0.2) is 0 Å². The van der Waals surface area contributed by atoms with Gasteiger partial charge in [-0.1, -0.05) is 33.3 Å². The van der Waals surface area contributed by atoms with Crippen LogP contribution in [0.25, 0.3) is 0 Å². The molecule has 0 aliphatic heterocycles. The molecule has 2 saturated carbocycles. The zero-order valence-corrected chi connectivity index (χ0v) is 12.6. The Bertz CT molecular complexity index is 321. The second kappa shape index (κ2) is 5.36. The van der Waals surface area contributed by atoms with Crippen LogP contribution in [0.3, 0.4) is 0 Å². The molecule has 0 spiro atoms. The van der Waals surface area contributed by atoms with Crippen molar-refractivity contribution in [3.05, 3.63) is 11.1 Å². The normalized spacial score (nSPS) is 38.2. The molecule has 0 aromatic carbocycles. The minimum Gasteiger partial charge on any atom is -0.392 e. The molecule has 0 heterocycles. The Hall–Kier alpha value is -0.300. The maximum atomic E-state index is 9.50. The standard InChI is InChI=1S/C17H30O/c1-5-13(11-18)15-9-8-14-7-6-12(2)17(3,4)16(14)10-15/h12,14,16,18H,5-11H2,1-4H3/b15-13-/t12-,14+,16+/m0/s1. The number of hydrogen-bond acceptors (Lipinski definition) is 1. The zero-order chi connectivity index (χ0) is 13.3. The van der Waals surface area contributed by atoms with Crippen molar-refractivity contribution >= 4 is 0 Å². The highest BCUT2D eigenvalue weighted by atomic mass is 16.3. The highest BCUT2D eigenvalue weighted by Crippen LogP contribution is 2.54. The lowest BCUT2D eigenvalue weighted by Gasteiger charge is -2.51. The van der Waals surface area contributed by atoms with Gasteiger partial charge in [-0.05, 0) is 67.3 Å². The van der Waals surface area contributed by atoms with Crippen molar-refractivity contribution in [2.24, 2.45) is 23.2 Å². The van der Waals surface area contributed by atoms with Gasteiger partial charge >= 0.3 is 0 Å². The molecule has 0 bridgehead atoms. The van der Waals surface area contributed by atoms with E-state index >= 15 is 0 Å². The lowest BCUT2D eigenvalue weighted by molar-refractivity contribution is 0.00682. The van der Waals surface area contributed by atoms with Gasteiger partial charge in [-0.25, -0.2) is 0 Å². The van der Waals surface area contributed by atoms with Gasteiger partial charge in [0.05, 0.1) is 6.61 Å². The molecule has 1 N–H and O–H groups in total. The lowest BCUT2D eigenvalue weighted by atomic mass is 9.54.